The van der Waals surface area contributed by atoms with Crippen molar-refractivity contribution in [2.75, 3.05) is 0 Å². The number of rotatable bonds is 5. The van der Waals surface area contributed by atoms with Crippen LogP contribution in [0.2, 0.25) is 0 Å². The second-order valence-corrected chi connectivity index (χ2v) is 6.19. The first kappa shape index (κ1) is 17.5. The van der Waals surface area contributed by atoms with Crippen molar-refractivity contribution in [3.63, 3.8) is 0 Å². The van der Waals surface area contributed by atoms with Crippen molar-refractivity contribution in [3.8, 4) is 17.5 Å². The van der Waals surface area contributed by atoms with Crippen LogP contribution in [0, 0.1) is 24.2 Å². The Hall–Kier alpha value is -2.88. The highest BCUT2D eigenvalue weighted by atomic mass is 16.5. The molecule has 1 atom stereocenters. The first-order chi connectivity index (χ1) is 11.3. The molecule has 0 unspecified atom stereocenters. The SMILES string of the molecule is Cc1ccccc1-c1noc(=O)n1CC(=O)N[C@](C)(C#N)C(C)C. The summed E-state index contributed by atoms with van der Waals surface area (Å²) in [6, 6.07) is 9.47. The molecule has 0 aliphatic carbocycles. The molecule has 126 valence electrons. The van der Waals surface area contributed by atoms with Crippen LogP contribution in [0.15, 0.2) is 33.6 Å². The normalized spacial score (nSPS) is 13.3. The zero-order valence-corrected chi connectivity index (χ0v) is 14.2. The second-order valence-electron chi connectivity index (χ2n) is 6.19. The molecule has 2 rings (SSSR count). The minimum Gasteiger partial charge on any atom is -0.336 e. The van der Waals surface area contributed by atoms with Crippen molar-refractivity contribution in [2.24, 2.45) is 5.92 Å². The Morgan fingerprint density at radius 2 is 2.12 bits per heavy atom. The number of hydrogen-bond donors (Lipinski definition) is 1. The molecule has 0 spiro atoms. The molecule has 0 radical (unpaired) electrons. The van der Waals surface area contributed by atoms with E-state index in [-0.39, 0.29) is 18.3 Å². The maximum atomic E-state index is 12.3. The molecule has 0 aliphatic heterocycles. The summed E-state index contributed by atoms with van der Waals surface area (Å²) in [5, 5.41) is 15.7. The molecule has 1 N–H and O–H groups in total. The third kappa shape index (κ3) is 3.38. The molecule has 1 amide bonds. The molecule has 0 bridgehead atoms. The molecule has 7 nitrogen and oxygen atoms in total. The van der Waals surface area contributed by atoms with E-state index in [0.717, 1.165) is 10.1 Å². The molecule has 0 aliphatic rings. The summed E-state index contributed by atoms with van der Waals surface area (Å²) in [4.78, 5) is 24.2. The van der Waals surface area contributed by atoms with E-state index >= 15 is 0 Å². The smallest absolute Gasteiger partial charge is 0.336 e. The lowest BCUT2D eigenvalue weighted by molar-refractivity contribution is -0.123. The number of nitriles is 1. The highest BCUT2D eigenvalue weighted by Gasteiger charge is 2.30. The number of nitrogens with zero attached hydrogens (tertiary/aromatic N) is 3. The number of hydrogen-bond acceptors (Lipinski definition) is 5. The van der Waals surface area contributed by atoms with Gasteiger partial charge in [-0.2, -0.15) is 5.26 Å². The minimum atomic E-state index is -1.01. The van der Waals surface area contributed by atoms with E-state index in [4.69, 9.17) is 4.52 Å². The Balaban J connectivity index is 2.31. The topological polar surface area (TPSA) is 101 Å². The molecule has 7 heteroatoms. The van der Waals surface area contributed by atoms with Crippen LogP contribution in [0.5, 0.6) is 0 Å². The Morgan fingerprint density at radius 1 is 1.46 bits per heavy atom. The van der Waals surface area contributed by atoms with E-state index in [2.05, 4.69) is 16.5 Å². The van der Waals surface area contributed by atoms with Crippen molar-refractivity contribution in [3.05, 3.63) is 40.4 Å². The van der Waals surface area contributed by atoms with E-state index < -0.39 is 17.2 Å². The number of aromatic nitrogens is 2. The van der Waals surface area contributed by atoms with Gasteiger partial charge in [0.05, 0.1) is 6.07 Å². The zero-order valence-electron chi connectivity index (χ0n) is 14.2. The first-order valence-corrected chi connectivity index (χ1v) is 7.63. The lowest BCUT2D eigenvalue weighted by Gasteiger charge is -2.27. The van der Waals surface area contributed by atoms with Gasteiger partial charge in [0.2, 0.25) is 5.91 Å². The fourth-order valence-corrected chi connectivity index (χ4v) is 2.20. The van der Waals surface area contributed by atoms with Crippen LogP contribution < -0.4 is 11.1 Å². The number of carbonyl (C=O) groups excluding carboxylic acids is 1. The maximum Gasteiger partial charge on any atom is 0.442 e. The van der Waals surface area contributed by atoms with Gasteiger partial charge in [-0.05, 0) is 25.3 Å². The largest absolute Gasteiger partial charge is 0.442 e. The van der Waals surface area contributed by atoms with Crippen molar-refractivity contribution in [1.29, 1.82) is 5.26 Å². The summed E-state index contributed by atoms with van der Waals surface area (Å²) in [6.07, 6.45) is 0. The molecule has 0 saturated carbocycles. The number of benzene rings is 1. The summed E-state index contributed by atoms with van der Waals surface area (Å²) >= 11 is 0. The molecule has 1 aromatic heterocycles. The van der Waals surface area contributed by atoms with Crippen LogP contribution in [0.1, 0.15) is 26.3 Å². The van der Waals surface area contributed by atoms with Gasteiger partial charge in [-0.1, -0.05) is 43.3 Å². The van der Waals surface area contributed by atoms with E-state index in [9.17, 15) is 14.9 Å². The molecule has 1 aromatic carbocycles. The Bertz CT molecular complexity index is 844. The Morgan fingerprint density at radius 3 is 2.71 bits per heavy atom. The summed E-state index contributed by atoms with van der Waals surface area (Å²) in [5.41, 5.74) is 0.604. The zero-order chi connectivity index (χ0) is 17.9. The fraction of sp³-hybridized carbons (Fsp3) is 0.412. The number of nitrogens with one attached hydrogen (secondary N) is 1. The molecular formula is C17H20N4O3. The molecule has 1 heterocycles. The Labute approximate surface area is 139 Å². The van der Waals surface area contributed by atoms with Crippen molar-refractivity contribution >= 4 is 5.91 Å². The predicted molar refractivity (Wildman–Crippen MR) is 87.9 cm³/mol. The Kier molecular flexibility index (Phi) is 4.88. The van der Waals surface area contributed by atoms with Gasteiger partial charge in [0.25, 0.3) is 0 Å². The number of amides is 1. The second kappa shape index (κ2) is 6.71. The third-order valence-corrected chi connectivity index (χ3v) is 4.16. The average molecular weight is 328 g/mol. The summed E-state index contributed by atoms with van der Waals surface area (Å²) < 4.78 is 5.88. The van der Waals surface area contributed by atoms with Crippen LogP contribution in [-0.2, 0) is 11.3 Å². The third-order valence-electron chi connectivity index (χ3n) is 4.16. The van der Waals surface area contributed by atoms with Crippen LogP contribution in [-0.4, -0.2) is 21.2 Å². The monoisotopic (exact) mass is 328 g/mol. The minimum absolute atomic E-state index is 0.0820. The van der Waals surface area contributed by atoms with Gasteiger partial charge in [0.15, 0.2) is 5.82 Å². The van der Waals surface area contributed by atoms with Gasteiger partial charge in [-0.15, -0.1) is 0 Å². The molecular weight excluding hydrogens is 308 g/mol. The van der Waals surface area contributed by atoms with Crippen LogP contribution >= 0.6 is 0 Å². The molecule has 2 aromatic rings. The summed E-state index contributed by atoms with van der Waals surface area (Å²) in [6.45, 7) is 6.94. The van der Waals surface area contributed by atoms with Crippen molar-refractivity contribution in [1.82, 2.24) is 15.0 Å². The van der Waals surface area contributed by atoms with E-state index in [0.29, 0.717) is 5.56 Å². The van der Waals surface area contributed by atoms with Gasteiger partial charge >= 0.3 is 5.76 Å². The molecule has 0 fully saturated rings. The van der Waals surface area contributed by atoms with Gasteiger partial charge < -0.3 is 5.32 Å². The van der Waals surface area contributed by atoms with Crippen LogP contribution in [0.25, 0.3) is 11.4 Å². The van der Waals surface area contributed by atoms with Gasteiger partial charge in [-0.25, -0.2) is 9.36 Å². The van der Waals surface area contributed by atoms with E-state index in [1.54, 1.807) is 13.0 Å². The van der Waals surface area contributed by atoms with Crippen LogP contribution in [0.4, 0.5) is 0 Å². The average Bonchev–Trinajstić information content (AvgIpc) is 2.88. The first-order valence-electron chi connectivity index (χ1n) is 7.63. The lowest BCUT2D eigenvalue weighted by atomic mass is 9.90. The number of carbonyl (C=O) groups is 1. The summed E-state index contributed by atoms with van der Waals surface area (Å²) in [5.74, 6) is -0.961. The van der Waals surface area contributed by atoms with Crippen molar-refractivity contribution < 1.29 is 9.32 Å². The van der Waals surface area contributed by atoms with Gasteiger partial charge in [0, 0.05) is 5.56 Å². The fourth-order valence-electron chi connectivity index (χ4n) is 2.20. The number of aryl methyl sites for hydroxylation is 1. The summed E-state index contributed by atoms with van der Waals surface area (Å²) in [7, 11) is 0. The highest BCUT2D eigenvalue weighted by Crippen LogP contribution is 2.20. The quantitative estimate of drug-likeness (QED) is 0.903. The molecule has 24 heavy (non-hydrogen) atoms. The van der Waals surface area contributed by atoms with Gasteiger partial charge in [-0.3, -0.25) is 9.32 Å². The predicted octanol–water partition coefficient (Wildman–Crippen LogP) is 1.87. The highest BCUT2D eigenvalue weighted by molar-refractivity contribution is 5.78. The maximum absolute atomic E-state index is 12.3. The lowest BCUT2D eigenvalue weighted by Crippen LogP contribution is -2.50. The van der Waals surface area contributed by atoms with E-state index in [1.165, 1.54) is 0 Å². The van der Waals surface area contributed by atoms with E-state index in [1.807, 2.05) is 39.0 Å². The molecule has 0 saturated heterocycles. The van der Waals surface area contributed by atoms with Crippen LogP contribution in [0.3, 0.4) is 0 Å². The standard InChI is InChI=1S/C17H20N4O3/c1-11(2)17(4,10-18)19-14(22)9-21-15(20-24-16(21)23)13-8-6-5-7-12(13)3/h5-8,11H,9H2,1-4H3,(H,19,22)/t17-/m1/s1. The van der Waals surface area contributed by atoms with Gasteiger partial charge in [0.1, 0.15) is 12.1 Å². The van der Waals surface area contributed by atoms with Crippen molar-refractivity contribution in [2.45, 2.75) is 39.8 Å².